The van der Waals surface area contributed by atoms with Crippen molar-refractivity contribution in [3.63, 3.8) is 0 Å². The van der Waals surface area contributed by atoms with Crippen molar-refractivity contribution in [2.45, 2.75) is 12.3 Å². The van der Waals surface area contributed by atoms with Gasteiger partial charge in [0.25, 0.3) is 0 Å². The minimum Gasteiger partial charge on any atom is -0.368 e. The van der Waals surface area contributed by atoms with E-state index in [0.29, 0.717) is 0 Å². The molecule has 1 atom stereocenters. The maximum atomic E-state index is 10.9. The van der Waals surface area contributed by atoms with E-state index in [0.717, 1.165) is 22.6 Å². The van der Waals surface area contributed by atoms with E-state index in [1.165, 1.54) is 11.8 Å². The fraction of sp³-hybridized carbons (Fsp3) is 0.300. The molecule has 1 unspecified atom stereocenters. The number of hydrogen-bond acceptors (Lipinski definition) is 6. The number of carbonyl (C=O) groups is 1. The van der Waals surface area contributed by atoms with Gasteiger partial charge in [0.2, 0.25) is 5.95 Å². The Hall–Kier alpha value is -1.56. The molecule has 1 aromatic rings. The Morgan fingerprint density at radius 3 is 2.94 bits per heavy atom. The molecule has 2 heterocycles. The predicted octanol–water partition coefficient (Wildman–Crippen LogP) is 0.951. The van der Waals surface area contributed by atoms with Crippen LogP contribution in [-0.2, 0) is 4.79 Å². The predicted molar refractivity (Wildman–Crippen MR) is 64.2 cm³/mol. The molecule has 0 bridgehead atoms. The highest BCUT2D eigenvalue weighted by Gasteiger charge is 2.28. The summed E-state index contributed by atoms with van der Waals surface area (Å²) < 4.78 is 0. The van der Waals surface area contributed by atoms with Crippen LogP contribution in [0.25, 0.3) is 4.91 Å². The number of hydrogen-bond donors (Lipinski definition) is 1. The first-order chi connectivity index (χ1) is 7.63. The lowest BCUT2D eigenvalue weighted by molar-refractivity contribution is -0.109. The zero-order valence-electron chi connectivity index (χ0n) is 9.04. The van der Waals surface area contributed by atoms with Crippen LogP contribution in [0.3, 0.4) is 0 Å². The molecule has 1 aliphatic heterocycles. The molecule has 0 saturated carbocycles. The number of nitrogens with zero attached hydrogens (tertiary/aromatic N) is 3. The Bertz CT molecular complexity index is 460. The third-order valence-electron chi connectivity index (χ3n) is 2.50. The second-order valence-corrected chi connectivity index (χ2v) is 4.60. The van der Waals surface area contributed by atoms with Crippen LogP contribution in [0.2, 0.25) is 0 Å². The molecular formula is C10H12N4OS. The monoisotopic (exact) mass is 236 g/mol. The molecule has 84 valence electrons. The molecule has 0 spiro atoms. The van der Waals surface area contributed by atoms with Gasteiger partial charge in [0, 0.05) is 18.9 Å². The average molecular weight is 236 g/mol. The Labute approximate surface area is 97.7 Å². The van der Waals surface area contributed by atoms with Gasteiger partial charge >= 0.3 is 0 Å². The van der Waals surface area contributed by atoms with Crippen LogP contribution >= 0.6 is 11.8 Å². The zero-order valence-corrected chi connectivity index (χ0v) is 9.86. The van der Waals surface area contributed by atoms with Crippen molar-refractivity contribution in [1.82, 2.24) is 14.9 Å². The molecule has 0 aliphatic carbocycles. The van der Waals surface area contributed by atoms with Crippen LogP contribution in [0.5, 0.6) is 0 Å². The molecule has 0 fully saturated rings. The molecule has 0 saturated heterocycles. The number of aromatic nitrogens is 2. The first kappa shape index (κ1) is 10.9. The number of thioether (sulfide) groups is 1. The number of aldehydes is 1. The van der Waals surface area contributed by atoms with Gasteiger partial charge in [0.1, 0.15) is 5.37 Å². The van der Waals surface area contributed by atoms with Gasteiger partial charge in [-0.15, -0.1) is 0 Å². The Balaban J connectivity index is 2.39. The fourth-order valence-electron chi connectivity index (χ4n) is 1.50. The number of nitrogens with two attached hydrogens (primary N) is 1. The molecule has 2 rings (SSSR count). The van der Waals surface area contributed by atoms with Crippen molar-refractivity contribution in [2.24, 2.45) is 0 Å². The molecule has 5 nitrogen and oxygen atoms in total. The van der Waals surface area contributed by atoms with E-state index >= 15 is 0 Å². The van der Waals surface area contributed by atoms with E-state index in [2.05, 4.69) is 9.97 Å². The second-order valence-electron chi connectivity index (χ2n) is 3.47. The Morgan fingerprint density at radius 1 is 1.62 bits per heavy atom. The number of rotatable bonds is 2. The highest BCUT2D eigenvalue weighted by Crippen LogP contribution is 2.41. The average Bonchev–Trinajstić information content (AvgIpc) is 2.56. The zero-order chi connectivity index (χ0) is 11.7. The van der Waals surface area contributed by atoms with E-state index in [1.54, 1.807) is 12.3 Å². The van der Waals surface area contributed by atoms with Crippen LogP contribution < -0.4 is 5.73 Å². The third kappa shape index (κ3) is 1.76. The van der Waals surface area contributed by atoms with Crippen LogP contribution in [0.4, 0.5) is 5.95 Å². The summed E-state index contributed by atoms with van der Waals surface area (Å²) in [5, 5.41) is -0.175. The number of likely N-dealkylation sites (N-methyl/N-ethyl adjacent to an activating group) is 1. The van der Waals surface area contributed by atoms with E-state index in [9.17, 15) is 4.79 Å². The Morgan fingerprint density at radius 2 is 2.38 bits per heavy atom. The van der Waals surface area contributed by atoms with Crippen LogP contribution in [0.1, 0.15) is 12.6 Å². The minimum atomic E-state index is -0.175. The standard InChI is InChI=1S/C10H12N4OS/c1-6-9(16-8(5-15)14(6)2)7-3-4-12-10(11)13-7/h3-5,8H,1-2H3,(H2,11,12,13). The molecule has 2 N–H and O–H groups in total. The second kappa shape index (κ2) is 4.13. The van der Waals surface area contributed by atoms with Gasteiger partial charge < -0.3 is 15.4 Å². The van der Waals surface area contributed by atoms with Crippen molar-refractivity contribution >= 4 is 28.9 Å². The van der Waals surface area contributed by atoms with E-state index in [4.69, 9.17) is 5.73 Å². The molecule has 0 radical (unpaired) electrons. The number of anilines is 1. The van der Waals surface area contributed by atoms with Crippen LogP contribution in [0, 0.1) is 0 Å². The van der Waals surface area contributed by atoms with E-state index < -0.39 is 0 Å². The first-order valence-corrected chi connectivity index (χ1v) is 5.66. The minimum absolute atomic E-state index is 0.175. The summed E-state index contributed by atoms with van der Waals surface area (Å²) in [6.07, 6.45) is 2.54. The molecule has 16 heavy (non-hydrogen) atoms. The van der Waals surface area contributed by atoms with Gasteiger partial charge in [-0.05, 0) is 13.0 Å². The van der Waals surface area contributed by atoms with Gasteiger partial charge in [-0.2, -0.15) is 0 Å². The fourth-order valence-corrected chi connectivity index (χ4v) is 2.66. The van der Waals surface area contributed by atoms with Crippen molar-refractivity contribution in [1.29, 1.82) is 0 Å². The summed E-state index contributed by atoms with van der Waals surface area (Å²) in [5.74, 6) is 0.246. The van der Waals surface area contributed by atoms with Crippen LogP contribution in [-0.4, -0.2) is 33.6 Å². The molecule has 1 aromatic heterocycles. The topological polar surface area (TPSA) is 72.1 Å². The summed E-state index contributed by atoms with van der Waals surface area (Å²) >= 11 is 1.48. The highest BCUT2D eigenvalue weighted by atomic mass is 32.2. The maximum Gasteiger partial charge on any atom is 0.220 e. The smallest absolute Gasteiger partial charge is 0.220 e. The molecule has 1 aliphatic rings. The summed E-state index contributed by atoms with van der Waals surface area (Å²) in [5.41, 5.74) is 7.33. The number of allylic oxidation sites excluding steroid dienone is 1. The molecule has 6 heteroatoms. The van der Waals surface area contributed by atoms with Gasteiger partial charge in [0.15, 0.2) is 6.29 Å². The van der Waals surface area contributed by atoms with Crippen LogP contribution in [0.15, 0.2) is 18.0 Å². The third-order valence-corrected chi connectivity index (χ3v) is 3.91. The van der Waals surface area contributed by atoms with Gasteiger partial charge in [-0.3, -0.25) is 0 Å². The summed E-state index contributed by atoms with van der Waals surface area (Å²) in [6, 6.07) is 1.79. The summed E-state index contributed by atoms with van der Waals surface area (Å²) in [6.45, 7) is 1.96. The van der Waals surface area contributed by atoms with Crippen molar-refractivity contribution in [3.8, 4) is 0 Å². The van der Waals surface area contributed by atoms with Gasteiger partial charge in [0.05, 0.1) is 10.6 Å². The quantitative estimate of drug-likeness (QED) is 0.771. The SMILES string of the molecule is CC1=C(c2ccnc(N)n2)SC(C=O)N1C. The molecule has 0 aromatic carbocycles. The normalized spacial score (nSPS) is 20.4. The number of carbonyl (C=O) groups excluding carboxylic acids is 1. The van der Waals surface area contributed by atoms with Crippen molar-refractivity contribution in [3.05, 3.63) is 23.7 Å². The first-order valence-electron chi connectivity index (χ1n) is 4.78. The van der Waals surface area contributed by atoms with Crippen molar-refractivity contribution < 1.29 is 4.79 Å². The summed E-state index contributed by atoms with van der Waals surface area (Å²) in [7, 11) is 1.89. The van der Waals surface area contributed by atoms with E-state index in [1.807, 2.05) is 18.9 Å². The summed E-state index contributed by atoms with van der Waals surface area (Å²) in [4.78, 5) is 21.8. The lowest BCUT2D eigenvalue weighted by Gasteiger charge is -2.16. The largest absolute Gasteiger partial charge is 0.368 e. The molecule has 0 amide bonds. The highest BCUT2D eigenvalue weighted by molar-refractivity contribution is 8.09. The van der Waals surface area contributed by atoms with Crippen molar-refractivity contribution in [2.75, 3.05) is 12.8 Å². The van der Waals surface area contributed by atoms with Gasteiger partial charge in [-0.1, -0.05) is 11.8 Å². The lowest BCUT2D eigenvalue weighted by Crippen LogP contribution is -2.23. The lowest BCUT2D eigenvalue weighted by atomic mass is 10.3. The van der Waals surface area contributed by atoms with Gasteiger partial charge in [-0.25, -0.2) is 9.97 Å². The molecular weight excluding hydrogens is 224 g/mol. The maximum absolute atomic E-state index is 10.9. The Kier molecular flexibility index (Phi) is 2.82. The van der Waals surface area contributed by atoms with E-state index in [-0.39, 0.29) is 11.3 Å². The number of nitrogen functional groups attached to an aromatic ring is 1.